The molecular weight excluding hydrogens is 586 g/mol. The zero-order chi connectivity index (χ0) is 29.4. The van der Waals surface area contributed by atoms with Gasteiger partial charge in [0.2, 0.25) is 5.95 Å². The molecule has 4 heterocycles. The van der Waals surface area contributed by atoms with Crippen LogP contribution in [0.5, 0.6) is 0 Å². The van der Waals surface area contributed by atoms with Crippen LogP contribution in [0.4, 0.5) is 5.95 Å². The van der Waals surface area contributed by atoms with Crippen LogP contribution in [0, 0.1) is 5.41 Å². The van der Waals surface area contributed by atoms with E-state index in [1.165, 1.54) is 22.7 Å². The van der Waals surface area contributed by atoms with Gasteiger partial charge in [0, 0.05) is 41.9 Å². The number of anilines is 1. The Morgan fingerprint density at radius 3 is 2.78 bits per heavy atom. The molecule has 3 unspecified atom stereocenters. The minimum absolute atomic E-state index is 0.0446. The van der Waals surface area contributed by atoms with Crippen LogP contribution in [-0.2, 0) is 27.4 Å². The molecule has 41 heavy (non-hydrogen) atoms. The molecule has 0 bridgehead atoms. The Morgan fingerprint density at radius 1 is 1.32 bits per heavy atom. The summed E-state index contributed by atoms with van der Waals surface area (Å²) in [4.78, 5) is 24.8. The zero-order valence-electron chi connectivity index (χ0n) is 23.9. The molecule has 3 aromatic rings. The molecule has 0 amide bonds. The summed E-state index contributed by atoms with van der Waals surface area (Å²) in [5.74, 6) is 0.513. The van der Waals surface area contributed by atoms with Crippen molar-refractivity contribution in [2.75, 3.05) is 38.3 Å². The third-order valence-corrected chi connectivity index (χ3v) is 10.7. The van der Waals surface area contributed by atoms with Crippen LogP contribution in [0.25, 0.3) is 10.9 Å². The van der Waals surface area contributed by atoms with E-state index in [2.05, 4.69) is 36.7 Å². The van der Waals surface area contributed by atoms with E-state index >= 15 is 0 Å². The van der Waals surface area contributed by atoms with Crippen molar-refractivity contribution in [3.05, 3.63) is 40.0 Å². The molecule has 1 aromatic carbocycles. The first-order chi connectivity index (χ1) is 19.5. The number of ether oxygens (including phenoxy) is 2. The predicted molar refractivity (Wildman–Crippen MR) is 161 cm³/mol. The number of hydrogen-bond donors (Lipinski definition) is 1. The Balaban J connectivity index is 1.33. The maximum Gasteiger partial charge on any atom is 0.262 e. The Kier molecular flexibility index (Phi) is 9.15. The average molecular weight is 622 g/mol. The van der Waals surface area contributed by atoms with E-state index in [1.807, 2.05) is 26.8 Å². The fraction of sp³-hybridized carbons (Fsp3) is 0.593. The number of benzene rings is 1. The van der Waals surface area contributed by atoms with Crippen molar-refractivity contribution in [3.63, 3.8) is 0 Å². The number of aromatic nitrogens is 5. The molecule has 222 valence electrons. The Bertz CT molecular complexity index is 1440. The number of hydrogen-bond acceptors (Lipinski definition) is 11. The highest BCUT2D eigenvalue weighted by Crippen LogP contribution is 2.43. The number of halogens is 1. The second-order valence-electron chi connectivity index (χ2n) is 11.6. The second kappa shape index (κ2) is 12.3. The van der Waals surface area contributed by atoms with E-state index in [-0.39, 0.29) is 27.9 Å². The smallest absolute Gasteiger partial charge is 0.262 e. The zero-order valence-corrected chi connectivity index (χ0v) is 26.3. The molecule has 0 radical (unpaired) electrons. The topological polar surface area (TPSA) is 130 Å². The van der Waals surface area contributed by atoms with Gasteiger partial charge in [-0.15, -0.1) is 14.9 Å². The predicted octanol–water partition coefficient (Wildman–Crippen LogP) is 3.46. The van der Waals surface area contributed by atoms with Crippen LogP contribution in [0.3, 0.4) is 0 Å². The molecule has 11 nitrogen and oxygen atoms in total. The molecule has 2 aliphatic heterocycles. The van der Waals surface area contributed by atoms with Crippen LogP contribution in [0.2, 0.25) is 5.02 Å². The molecule has 2 aromatic heterocycles. The maximum atomic E-state index is 13.1. The molecule has 0 aliphatic carbocycles. The van der Waals surface area contributed by atoms with Gasteiger partial charge in [-0.1, -0.05) is 23.4 Å². The standard InChI is InChI=1S/C27H36ClN7O4S2/c1-17-12-27(15-39-17)8-9-34(14-20(27)33-41(37)26(2,3)4)25-29-13-21(31-32-25)40-19-7-6-18-22(23(19)28)24(36)35(16-30-18)10-11-38-5/h6-7,13,16-17,20,33H,8-12,14-15H2,1-5H3/t17-,20?,27?,41?/m0/s1. The molecule has 0 saturated carbocycles. The molecule has 2 saturated heterocycles. The minimum atomic E-state index is -1.22. The fourth-order valence-electron chi connectivity index (χ4n) is 5.28. The van der Waals surface area contributed by atoms with E-state index in [4.69, 9.17) is 21.1 Å². The van der Waals surface area contributed by atoms with Crippen molar-refractivity contribution in [1.29, 1.82) is 0 Å². The SMILES string of the molecule is COCCn1cnc2ccc(Sc3cnc(N4CCC5(CO[C@@H](C)C5)C(N[S+]([O-])C(C)(C)C)C4)nn3)c(Cl)c2c1=O. The summed E-state index contributed by atoms with van der Waals surface area (Å²) in [7, 11) is 1.58. The third-order valence-electron chi connectivity index (χ3n) is 7.63. The highest BCUT2D eigenvalue weighted by atomic mass is 35.5. The highest BCUT2D eigenvalue weighted by Gasteiger charge is 2.51. The lowest BCUT2D eigenvalue weighted by Gasteiger charge is -2.45. The quantitative estimate of drug-likeness (QED) is 0.371. The Morgan fingerprint density at radius 2 is 2.12 bits per heavy atom. The van der Waals surface area contributed by atoms with E-state index < -0.39 is 11.4 Å². The van der Waals surface area contributed by atoms with E-state index in [1.54, 1.807) is 19.4 Å². The Labute approximate surface area is 252 Å². The van der Waals surface area contributed by atoms with Gasteiger partial charge in [0.1, 0.15) is 9.77 Å². The van der Waals surface area contributed by atoms with Gasteiger partial charge in [-0.2, -0.15) is 0 Å². The van der Waals surface area contributed by atoms with Gasteiger partial charge in [0.25, 0.3) is 5.56 Å². The van der Waals surface area contributed by atoms with Crippen molar-refractivity contribution >= 4 is 51.6 Å². The summed E-state index contributed by atoms with van der Waals surface area (Å²) in [6.45, 7) is 10.8. The van der Waals surface area contributed by atoms with Crippen LogP contribution < -0.4 is 15.2 Å². The first-order valence-electron chi connectivity index (χ1n) is 13.6. The summed E-state index contributed by atoms with van der Waals surface area (Å²) < 4.78 is 28.6. The molecular formula is C27H36ClN7O4S2. The largest absolute Gasteiger partial charge is 0.598 e. The minimum Gasteiger partial charge on any atom is -0.598 e. The van der Waals surface area contributed by atoms with Crippen molar-refractivity contribution < 1.29 is 14.0 Å². The van der Waals surface area contributed by atoms with Gasteiger partial charge < -0.3 is 18.9 Å². The van der Waals surface area contributed by atoms with Crippen molar-refractivity contribution in [2.24, 2.45) is 5.41 Å². The second-order valence-corrected chi connectivity index (χ2v) is 15.1. The van der Waals surface area contributed by atoms with Gasteiger partial charge in [0.15, 0.2) is 0 Å². The fourth-order valence-corrected chi connectivity index (χ4v) is 7.31. The molecule has 2 aliphatic rings. The Hall–Kier alpha value is -2.00. The monoisotopic (exact) mass is 621 g/mol. The van der Waals surface area contributed by atoms with Crippen LogP contribution in [0.15, 0.2) is 39.4 Å². The number of methoxy groups -OCH3 is 1. The maximum absolute atomic E-state index is 13.1. The normalized spacial score (nSPS) is 23.9. The average Bonchev–Trinajstić information content (AvgIpc) is 3.31. The lowest BCUT2D eigenvalue weighted by atomic mass is 9.73. The molecule has 14 heteroatoms. The number of nitrogens with zero attached hydrogens (tertiary/aromatic N) is 6. The van der Waals surface area contributed by atoms with Crippen molar-refractivity contribution in [3.8, 4) is 0 Å². The number of piperidine rings is 1. The van der Waals surface area contributed by atoms with E-state index in [0.717, 1.165) is 19.4 Å². The third kappa shape index (κ3) is 6.51. The van der Waals surface area contributed by atoms with Crippen LogP contribution in [0.1, 0.15) is 40.5 Å². The van der Waals surface area contributed by atoms with Crippen LogP contribution in [-0.4, -0.2) is 79.6 Å². The molecule has 2 fully saturated rings. The van der Waals surface area contributed by atoms with E-state index in [9.17, 15) is 9.35 Å². The molecule has 1 spiro atoms. The highest BCUT2D eigenvalue weighted by molar-refractivity contribution is 7.99. The number of rotatable bonds is 8. The molecule has 4 atom stereocenters. The molecule has 5 rings (SSSR count). The lowest BCUT2D eigenvalue weighted by Crippen LogP contribution is -2.61. The van der Waals surface area contributed by atoms with E-state index in [0.29, 0.717) is 58.1 Å². The van der Waals surface area contributed by atoms with Gasteiger partial charge in [-0.05, 0) is 52.7 Å². The summed E-state index contributed by atoms with van der Waals surface area (Å²) in [5.41, 5.74) is 0.224. The molecule has 1 N–H and O–H groups in total. The summed E-state index contributed by atoms with van der Waals surface area (Å²) in [6.07, 6.45) is 5.14. The van der Waals surface area contributed by atoms with Crippen molar-refractivity contribution in [2.45, 2.75) is 73.9 Å². The van der Waals surface area contributed by atoms with Crippen LogP contribution >= 0.6 is 23.4 Å². The van der Waals surface area contributed by atoms with Gasteiger partial charge in [-0.25, -0.2) is 9.97 Å². The summed E-state index contributed by atoms with van der Waals surface area (Å²) in [6, 6.07) is 3.54. The summed E-state index contributed by atoms with van der Waals surface area (Å²) in [5, 5.41) is 10.0. The first kappa shape index (κ1) is 30.5. The van der Waals surface area contributed by atoms with Crippen molar-refractivity contribution in [1.82, 2.24) is 29.5 Å². The number of nitrogens with one attached hydrogen (secondary N) is 1. The first-order valence-corrected chi connectivity index (χ1v) is 15.9. The van der Waals surface area contributed by atoms with Gasteiger partial charge in [0.05, 0.1) is 60.4 Å². The van der Waals surface area contributed by atoms with Gasteiger partial charge in [-0.3, -0.25) is 9.36 Å². The lowest BCUT2D eigenvalue weighted by molar-refractivity contribution is 0.0871. The number of fused-ring (bicyclic) bond motifs is 1. The summed E-state index contributed by atoms with van der Waals surface area (Å²) >= 11 is 6.76. The van der Waals surface area contributed by atoms with Gasteiger partial charge >= 0.3 is 0 Å².